The average molecular weight is 283 g/mol. The minimum atomic E-state index is -0.0974. The summed E-state index contributed by atoms with van der Waals surface area (Å²) in [5.41, 5.74) is 0. The molecule has 2 aliphatic rings. The molecule has 2 fully saturated rings. The van der Waals surface area contributed by atoms with Gasteiger partial charge >= 0.3 is 0 Å². The summed E-state index contributed by atoms with van der Waals surface area (Å²) in [5.74, 6) is 1.29. The van der Waals surface area contributed by atoms with Gasteiger partial charge in [0, 0.05) is 25.7 Å². The monoisotopic (exact) mass is 283 g/mol. The minimum Gasteiger partial charge on any atom is -0.396 e. The molecule has 0 aliphatic heterocycles. The van der Waals surface area contributed by atoms with Gasteiger partial charge in [-0.2, -0.15) is 0 Å². The Morgan fingerprint density at radius 1 is 1.15 bits per heavy atom. The van der Waals surface area contributed by atoms with Crippen molar-refractivity contribution >= 4 is 0 Å². The van der Waals surface area contributed by atoms with Gasteiger partial charge < -0.3 is 10.2 Å². The first-order chi connectivity index (χ1) is 9.74. The van der Waals surface area contributed by atoms with Gasteiger partial charge in [0.2, 0.25) is 0 Å². The summed E-state index contributed by atoms with van der Waals surface area (Å²) < 4.78 is 0. The predicted octanol–water partition coefficient (Wildman–Crippen LogP) is 2.80. The molecule has 20 heavy (non-hydrogen) atoms. The molecule has 2 N–H and O–H groups in total. The molecule has 2 aliphatic carbocycles. The van der Waals surface area contributed by atoms with Crippen LogP contribution in [-0.4, -0.2) is 47.0 Å². The van der Waals surface area contributed by atoms with Gasteiger partial charge in [-0.1, -0.05) is 26.2 Å². The molecule has 0 spiro atoms. The van der Waals surface area contributed by atoms with Gasteiger partial charge in [-0.05, 0) is 50.4 Å². The zero-order valence-electron chi connectivity index (χ0n) is 13.1. The maximum Gasteiger partial charge on any atom is 0.0580 e. The molecule has 0 aromatic heterocycles. The van der Waals surface area contributed by atoms with Crippen molar-refractivity contribution in [3.8, 4) is 0 Å². The van der Waals surface area contributed by atoms with Crippen molar-refractivity contribution in [2.24, 2.45) is 11.8 Å². The smallest absolute Gasteiger partial charge is 0.0580 e. The highest BCUT2D eigenvalue weighted by molar-refractivity contribution is 4.86. The highest BCUT2D eigenvalue weighted by Gasteiger charge is 2.33. The van der Waals surface area contributed by atoms with E-state index in [1.54, 1.807) is 0 Å². The van der Waals surface area contributed by atoms with Gasteiger partial charge in [0.05, 0.1) is 6.10 Å². The lowest BCUT2D eigenvalue weighted by Gasteiger charge is -2.42. The highest BCUT2D eigenvalue weighted by Crippen LogP contribution is 2.34. The Labute approximate surface area is 124 Å². The van der Waals surface area contributed by atoms with E-state index in [2.05, 4.69) is 11.8 Å². The number of aliphatic hydroxyl groups is 2. The molecular formula is C17H33NO2. The summed E-state index contributed by atoms with van der Waals surface area (Å²) in [6.45, 7) is 4.60. The predicted molar refractivity (Wildman–Crippen MR) is 82.7 cm³/mol. The van der Waals surface area contributed by atoms with E-state index in [9.17, 15) is 5.11 Å². The lowest BCUT2D eigenvalue weighted by Crippen LogP contribution is -2.46. The number of hydrogen-bond acceptors (Lipinski definition) is 3. The van der Waals surface area contributed by atoms with Crippen molar-refractivity contribution in [1.29, 1.82) is 0 Å². The van der Waals surface area contributed by atoms with Crippen molar-refractivity contribution < 1.29 is 10.2 Å². The molecule has 2 rings (SSSR count). The Morgan fingerprint density at radius 2 is 1.95 bits per heavy atom. The van der Waals surface area contributed by atoms with Crippen LogP contribution in [0.1, 0.15) is 64.7 Å². The normalized spacial score (nSPS) is 31.5. The quantitative estimate of drug-likeness (QED) is 0.720. The SMILES string of the molecule is CCCC1CCC(O)C(CN(CCCO)C2CCC2)C1. The van der Waals surface area contributed by atoms with E-state index < -0.39 is 0 Å². The van der Waals surface area contributed by atoms with E-state index in [0.717, 1.165) is 37.9 Å². The van der Waals surface area contributed by atoms with E-state index in [0.29, 0.717) is 5.92 Å². The molecule has 118 valence electrons. The summed E-state index contributed by atoms with van der Waals surface area (Å²) in [5, 5.41) is 19.4. The van der Waals surface area contributed by atoms with Gasteiger partial charge in [0.1, 0.15) is 0 Å². The maximum absolute atomic E-state index is 10.3. The van der Waals surface area contributed by atoms with Crippen LogP contribution in [0, 0.1) is 11.8 Å². The zero-order valence-corrected chi connectivity index (χ0v) is 13.1. The Morgan fingerprint density at radius 3 is 2.55 bits per heavy atom. The molecule has 0 aromatic rings. The zero-order chi connectivity index (χ0) is 14.4. The van der Waals surface area contributed by atoms with Gasteiger partial charge in [-0.3, -0.25) is 4.90 Å². The highest BCUT2D eigenvalue weighted by atomic mass is 16.3. The lowest BCUT2D eigenvalue weighted by molar-refractivity contribution is 0.00589. The van der Waals surface area contributed by atoms with Gasteiger partial charge in [0.15, 0.2) is 0 Å². The molecular weight excluding hydrogens is 250 g/mol. The van der Waals surface area contributed by atoms with E-state index in [-0.39, 0.29) is 12.7 Å². The summed E-state index contributed by atoms with van der Waals surface area (Å²) in [7, 11) is 0. The molecule has 3 unspecified atom stereocenters. The first kappa shape index (κ1) is 16.3. The molecule has 0 bridgehead atoms. The maximum atomic E-state index is 10.3. The molecule has 0 aromatic carbocycles. The van der Waals surface area contributed by atoms with Gasteiger partial charge in [0.25, 0.3) is 0 Å². The fourth-order valence-electron chi connectivity index (χ4n) is 3.96. The first-order valence-electron chi connectivity index (χ1n) is 8.77. The van der Waals surface area contributed by atoms with Crippen LogP contribution >= 0.6 is 0 Å². The average Bonchev–Trinajstić information content (AvgIpc) is 2.38. The van der Waals surface area contributed by atoms with E-state index in [4.69, 9.17) is 5.11 Å². The Hall–Kier alpha value is -0.120. The second-order valence-corrected chi connectivity index (χ2v) is 6.95. The van der Waals surface area contributed by atoms with Crippen molar-refractivity contribution in [2.75, 3.05) is 19.7 Å². The van der Waals surface area contributed by atoms with Crippen LogP contribution in [0.3, 0.4) is 0 Å². The number of nitrogens with zero attached hydrogens (tertiary/aromatic N) is 1. The van der Waals surface area contributed by atoms with Crippen LogP contribution in [0.15, 0.2) is 0 Å². The molecule has 2 saturated carbocycles. The Kier molecular flexibility index (Phi) is 6.79. The third-order valence-corrected chi connectivity index (χ3v) is 5.41. The summed E-state index contributed by atoms with van der Waals surface area (Å²) in [6, 6.07) is 0.723. The van der Waals surface area contributed by atoms with Crippen LogP contribution in [-0.2, 0) is 0 Å². The molecule has 3 heteroatoms. The second-order valence-electron chi connectivity index (χ2n) is 6.95. The van der Waals surface area contributed by atoms with E-state index >= 15 is 0 Å². The topological polar surface area (TPSA) is 43.7 Å². The Bertz CT molecular complexity index is 268. The van der Waals surface area contributed by atoms with Crippen LogP contribution in [0.5, 0.6) is 0 Å². The molecule has 0 radical (unpaired) electrons. The second kappa shape index (κ2) is 8.35. The minimum absolute atomic E-state index is 0.0974. The summed E-state index contributed by atoms with van der Waals surface area (Å²) in [6.07, 6.45) is 10.8. The third-order valence-electron chi connectivity index (χ3n) is 5.41. The van der Waals surface area contributed by atoms with Gasteiger partial charge in [-0.15, -0.1) is 0 Å². The lowest BCUT2D eigenvalue weighted by atomic mass is 9.77. The van der Waals surface area contributed by atoms with Crippen molar-refractivity contribution in [3.63, 3.8) is 0 Å². The standard InChI is InChI=1S/C17H33NO2/c1-2-5-14-8-9-17(20)15(12-14)13-18(10-4-11-19)16-6-3-7-16/h14-17,19-20H,2-13H2,1H3. The van der Waals surface area contributed by atoms with Crippen LogP contribution < -0.4 is 0 Å². The van der Waals surface area contributed by atoms with Crippen LogP contribution in [0.25, 0.3) is 0 Å². The summed E-state index contributed by atoms with van der Waals surface area (Å²) >= 11 is 0. The Balaban J connectivity index is 1.85. The van der Waals surface area contributed by atoms with E-state index in [1.807, 2.05) is 0 Å². The van der Waals surface area contributed by atoms with Gasteiger partial charge in [-0.25, -0.2) is 0 Å². The molecule has 3 atom stereocenters. The van der Waals surface area contributed by atoms with Crippen molar-refractivity contribution in [3.05, 3.63) is 0 Å². The van der Waals surface area contributed by atoms with Crippen molar-refractivity contribution in [1.82, 2.24) is 4.90 Å². The largest absolute Gasteiger partial charge is 0.396 e. The molecule has 3 nitrogen and oxygen atoms in total. The molecule has 0 saturated heterocycles. The number of rotatable bonds is 8. The fraction of sp³-hybridized carbons (Fsp3) is 1.00. The third kappa shape index (κ3) is 4.44. The fourth-order valence-corrected chi connectivity index (χ4v) is 3.96. The first-order valence-corrected chi connectivity index (χ1v) is 8.77. The molecule has 0 heterocycles. The number of aliphatic hydroxyl groups excluding tert-OH is 2. The van der Waals surface area contributed by atoms with E-state index in [1.165, 1.54) is 44.9 Å². The van der Waals surface area contributed by atoms with Crippen LogP contribution in [0.4, 0.5) is 0 Å². The summed E-state index contributed by atoms with van der Waals surface area (Å²) in [4.78, 5) is 2.56. The number of hydrogen-bond donors (Lipinski definition) is 2. The van der Waals surface area contributed by atoms with Crippen LogP contribution in [0.2, 0.25) is 0 Å². The van der Waals surface area contributed by atoms with Crippen molar-refractivity contribution in [2.45, 2.75) is 76.9 Å². The molecule has 0 amide bonds.